The third kappa shape index (κ3) is 22.6. The van der Waals surface area contributed by atoms with Gasteiger partial charge >= 0.3 is 46.2 Å². The van der Waals surface area contributed by atoms with Gasteiger partial charge in [0.2, 0.25) is 0 Å². The van der Waals surface area contributed by atoms with Gasteiger partial charge in [0.25, 0.3) is 0 Å². The average Bonchev–Trinajstić information content (AvgIpc) is 2.72. The Hall–Kier alpha value is -4.10. The second-order valence-electron chi connectivity index (χ2n) is 4.74. The Morgan fingerprint density at radius 3 is 1.21 bits per heavy atom. The van der Waals surface area contributed by atoms with Gasteiger partial charge in [-0.3, -0.25) is 0 Å². The van der Waals surface area contributed by atoms with Crippen molar-refractivity contribution in [1.29, 1.82) is 0 Å². The standard InChI is InChI=1S/2C8H9N3O2.2CH2O2.2Cu/c2*9-8(13)11-10-5-6-3-1-2-4-7(6)12;2*2-1-3;;/h2*1-5,12H,(H3,9,11,13);2*1H,(H,2,3);;/q;;;;2*+2/p-4/b2*10-5+;;;;. The number of amides is 4. The van der Waals surface area contributed by atoms with Gasteiger partial charge in [0.05, 0.1) is 12.4 Å². The third-order valence-electron chi connectivity index (χ3n) is 2.59. The average molecular weight is 573 g/mol. The summed E-state index contributed by atoms with van der Waals surface area (Å²) in [7, 11) is 0. The van der Waals surface area contributed by atoms with Crippen molar-refractivity contribution in [1.82, 2.24) is 10.9 Å². The number of primary amides is 2. The molecule has 0 saturated heterocycles. The van der Waals surface area contributed by atoms with Crippen molar-refractivity contribution < 1.29 is 73.7 Å². The van der Waals surface area contributed by atoms with Crippen LogP contribution in [0.3, 0.4) is 0 Å². The maximum absolute atomic E-state index is 11.1. The van der Waals surface area contributed by atoms with Crippen molar-refractivity contribution in [2.75, 3.05) is 0 Å². The number of urea groups is 2. The predicted molar refractivity (Wildman–Crippen MR) is 105 cm³/mol. The van der Waals surface area contributed by atoms with E-state index < -0.39 is 25.0 Å². The molecule has 0 saturated carbocycles. The molecule has 0 atom stereocenters. The van der Waals surface area contributed by atoms with Gasteiger partial charge in [-0.15, -0.1) is 0 Å². The minimum atomic E-state index is -0.764. The molecule has 2 radical (unpaired) electrons. The zero-order chi connectivity index (χ0) is 24.8. The van der Waals surface area contributed by atoms with Gasteiger partial charge < -0.3 is 41.5 Å². The smallest absolute Gasteiger partial charge is 0.872 e. The van der Waals surface area contributed by atoms with Crippen molar-refractivity contribution in [3.8, 4) is 11.5 Å². The van der Waals surface area contributed by atoms with Crippen LogP contribution < -0.4 is 42.7 Å². The number of para-hydroxylation sites is 2. The maximum atomic E-state index is 11.1. The summed E-state index contributed by atoms with van der Waals surface area (Å²) in [6.07, 6.45) is 2.49. The zero-order valence-electron chi connectivity index (χ0n) is 16.8. The first-order valence-corrected chi connectivity index (χ1v) is 8.03. The molecule has 0 aliphatic heterocycles. The Balaban J connectivity index is -0.000000205. The van der Waals surface area contributed by atoms with E-state index in [2.05, 4.69) is 10.2 Å². The summed E-state index contributed by atoms with van der Waals surface area (Å²) in [6, 6.07) is 11.1. The predicted octanol–water partition coefficient (Wildman–Crippen LogP) is -3.75. The largest absolute Gasteiger partial charge is 2.00 e. The van der Waals surface area contributed by atoms with Crippen LogP contribution >= 0.6 is 0 Å². The van der Waals surface area contributed by atoms with Crippen LogP contribution in [0.1, 0.15) is 11.1 Å². The second-order valence-corrected chi connectivity index (χ2v) is 4.74. The third-order valence-corrected chi connectivity index (χ3v) is 2.59. The van der Waals surface area contributed by atoms with Crippen LogP contribution in [-0.2, 0) is 43.7 Å². The van der Waals surface area contributed by atoms with Gasteiger partial charge in [0.15, 0.2) is 0 Å². The van der Waals surface area contributed by atoms with Gasteiger partial charge in [-0.1, -0.05) is 60.0 Å². The summed E-state index contributed by atoms with van der Waals surface area (Å²) in [6.45, 7) is -1.00. The minimum absolute atomic E-state index is 0. The molecule has 0 aliphatic carbocycles. The monoisotopic (exact) mass is 572 g/mol. The number of nitrogens with one attached hydrogen (secondary N) is 2. The van der Waals surface area contributed by atoms with E-state index in [1.165, 1.54) is 24.6 Å². The maximum Gasteiger partial charge on any atom is 2.00 e. The van der Waals surface area contributed by atoms with Gasteiger partial charge in [-0.2, -0.15) is 10.2 Å². The normalized spacial score (nSPS) is 8.47. The quantitative estimate of drug-likeness (QED) is 0.122. The summed E-state index contributed by atoms with van der Waals surface area (Å²) in [4.78, 5) is 36.9. The Morgan fingerprint density at radius 2 is 0.971 bits per heavy atom. The molecule has 0 unspecified atom stereocenters. The van der Waals surface area contributed by atoms with Crippen LogP contribution in [0.5, 0.6) is 11.5 Å². The van der Waals surface area contributed by atoms with Crippen LogP contribution in [0.4, 0.5) is 9.59 Å². The number of carbonyl (C=O) groups excluding carboxylic acids is 4. The van der Waals surface area contributed by atoms with Crippen molar-refractivity contribution in [3.63, 3.8) is 0 Å². The molecular formula is C18H18Cu2N6O8. The molecule has 0 spiro atoms. The topological polar surface area (TPSA) is 261 Å². The van der Waals surface area contributed by atoms with Crippen LogP contribution in [0.15, 0.2) is 58.7 Å². The molecule has 190 valence electrons. The Morgan fingerprint density at radius 1 is 0.706 bits per heavy atom. The molecule has 2 rings (SSSR count). The summed E-state index contributed by atoms with van der Waals surface area (Å²) in [5, 5.41) is 45.5. The summed E-state index contributed by atoms with van der Waals surface area (Å²) < 4.78 is 0. The molecule has 14 nitrogen and oxygen atoms in total. The van der Waals surface area contributed by atoms with Crippen molar-refractivity contribution in [2.45, 2.75) is 0 Å². The molecule has 6 N–H and O–H groups in total. The van der Waals surface area contributed by atoms with E-state index in [0.717, 1.165) is 0 Å². The van der Waals surface area contributed by atoms with Crippen LogP contribution in [-0.4, -0.2) is 37.4 Å². The second kappa shape index (κ2) is 25.2. The van der Waals surface area contributed by atoms with E-state index in [1.807, 2.05) is 10.9 Å². The van der Waals surface area contributed by atoms with E-state index in [0.29, 0.717) is 11.1 Å². The van der Waals surface area contributed by atoms with Crippen LogP contribution in [0.2, 0.25) is 0 Å². The van der Waals surface area contributed by atoms with Gasteiger partial charge in [0.1, 0.15) is 0 Å². The Labute approximate surface area is 214 Å². The fraction of sp³-hybridized carbons (Fsp3) is 0. The van der Waals surface area contributed by atoms with Gasteiger partial charge in [-0.05, 0) is 11.1 Å². The number of hydrazone groups is 2. The summed E-state index contributed by atoms with van der Waals surface area (Å²) >= 11 is 0. The Bertz CT molecular complexity index is 842. The first kappa shape index (κ1) is 37.2. The van der Waals surface area contributed by atoms with Crippen molar-refractivity contribution >= 4 is 37.4 Å². The number of hydrogen-bond donors (Lipinski definition) is 4. The molecule has 2 aromatic carbocycles. The number of carbonyl (C=O) groups is 4. The molecule has 0 heterocycles. The Kier molecular flexibility index (Phi) is 27.6. The van der Waals surface area contributed by atoms with Crippen LogP contribution in [0.25, 0.3) is 0 Å². The number of rotatable bonds is 4. The molecule has 0 fully saturated rings. The van der Waals surface area contributed by atoms with Crippen molar-refractivity contribution in [3.05, 3.63) is 59.7 Å². The molecule has 0 aromatic heterocycles. The van der Waals surface area contributed by atoms with E-state index in [9.17, 15) is 19.8 Å². The minimum Gasteiger partial charge on any atom is -0.872 e. The van der Waals surface area contributed by atoms with E-state index >= 15 is 0 Å². The summed E-state index contributed by atoms with van der Waals surface area (Å²) in [5.74, 6) is -0.310. The van der Waals surface area contributed by atoms with E-state index in [-0.39, 0.29) is 45.6 Å². The molecular weight excluding hydrogens is 555 g/mol. The number of nitrogens with two attached hydrogens (primary N) is 2. The molecule has 0 bridgehead atoms. The molecule has 34 heavy (non-hydrogen) atoms. The number of carboxylic acid groups (broad SMARTS) is 2. The van der Waals surface area contributed by atoms with Crippen LogP contribution in [0, 0.1) is 0 Å². The number of benzene rings is 2. The van der Waals surface area contributed by atoms with E-state index in [1.54, 1.807) is 36.4 Å². The fourth-order valence-corrected chi connectivity index (χ4v) is 1.51. The van der Waals surface area contributed by atoms with Gasteiger partial charge in [-0.25, -0.2) is 20.4 Å². The molecule has 2 aromatic rings. The fourth-order valence-electron chi connectivity index (χ4n) is 1.51. The first-order chi connectivity index (χ1) is 15.2. The molecule has 16 heteroatoms. The number of hydrogen-bond acceptors (Lipinski definition) is 10. The molecule has 0 aliphatic rings. The zero-order valence-corrected chi connectivity index (χ0v) is 18.7. The number of nitrogens with zero attached hydrogens (tertiary/aromatic N) is 2. The first-order valence-electron chi connectivity index (χ1n) is 8.03. The molecule has 4 amide bonds. The van der Waals surface area contributed by atoms with Gasteiger partial charge in [0, 0.05) is 12.9 Å². The summed E-state index contributed by atoms with van der Waals surface area (Å²) in [5.41, 5.74) is 14.3. The SMILES string of the molecule is NC(=O)N/N=C/c1ccccc1[O-].NC(=O)N/N=C/c1ccccc1[O-].O=C[O-].O=C[O-].[Cu+2].[Cu+2]. The van der Waals surface area contributed by atoms with E-state index in [4.69, 9.17) is 31.3 Å². The van der Waals surface area contributed by atoms with Crippen molar-refractivity contribution in [2.24, 2.45) is 21.7 Å².